The monoisotopic (exact) mass is 372 g/mol. The zero-order valence-electron chi connectivity index (χ0n) is 14.4. The zero-order valence-corrected chi connectivity index (χ0v) is 15.2. The fraction of sp³-hybridized carbons (Fsp3) is 0.316. The molecule has 1 aromatic carbocycles. The Balaban J connectivity index is 1.83. The van der Waals surface area contributed by atoms with Crippen molar-refractivity contribution in [2.24, 2.45) is 5.10 Å². The number of hydrazone groups is 1. The van der Waals surface area contributed by atoms with E-state index in [1.165, 1.54) is 5.01 Å². The van der Waals surface area contributed by atoms with Gasteiger partial charge in [0.2, 0.25) is 5.91 Å². The Bertz CT molecular complexity index is 817. The van der Waals surface area contributed by atoms with Gasteiger partial charge in [-0.1, -0.05) is 18.2 Å². The summed E-state index contributed by atoms with van der Waals surface area (Å²) in [5.41, 5.74) is 1.75. The Morgan fingerprint density at radius 3 is 2.85 bits per heavy atom. The van der Waals surface area contributed by atoms with Gasteiger partial charge in [0, 0.05) is 29.7 Å². The molecule has 136 valence electrons. The maximum Gasteiger partial charge on any atom is 0.303 e. The van der Waals surface area contributed by atoms with E-state index in [4.69, 9.17) is 9.84 Å². The van der Waals surface area contributed by atoms with Crippen LogP contribution in [-0.4, -0.2) is 34.8 Å². The molecule has 7 heteroatoms. The van der Waals surface area contributed by atoms with Crippen LogP contribution in [0.5, 0.6) is 5.75 Å². The quantitative estimate of drug-likeness (QED) is 0.804. The standard InChI is InChI=1S/C19H20N2O4S/c1-25-14-6-2-5-13(11-14)15-12-16(17-7-4-10-26-17)21(20-15)18(22)8-3-9-19(23)24/h2,4-7,10-11,16H,3,8-9,12H2,1H3,(H,23,24)/t16-/m0/s1. The average molecular weight is 372 g/mol. The van der Waals surface area contributed by atoms with Crippen LogP contribution in [0, 0.1) is 0 Å². The van der Waals surface area contributed by atoms with Crippen molar-refractivity contribution in [3.05, 3.63) is 52.2 Å². The normalized spacial score (nSPS) is 16.4. The van der Waals surface area contributed by atoms with Gasteiger partial charge in [-0.2, -0.15) is 5.10 Å². The molecule has 26 heavy (non-hydrogen) atoms. The van der Waals surface area contributed by atoms with E-state index in [1.54, 1.807) is 18.4 Å². The minimum Gasteiger partial charge on any atom is -0.497 e. The van der Waals surface area contributed by atoms with Crippen molar-refractivity contribution in [1.29, 1.82) is 0 Å². The topological polar surface area (TPSA) is 79.2 Å². The van der Waals surface area contributed by atoms with Gasteiger partial charge in [-0.3, -0.25) is 9.59 Å². The number of carbonyl (C=O) groups is 2. The number of aliphatic carboxylic acids is 1. The van der Waals surface area contributed by atoms with Crippen LogP contribution in [0.4, 0.5) is 0 Å². The van der Waals surface area contributed by atoms with Crippen molar-refractivity contribution in [2.45, 2.75) is 31.7 Å². The van der Waals surface area contributed by atoms with Crippen LogP contribution in [0.3, 0.4) is 0 Å². The SMILES string of the molecule is COc1cccc(C2=NN(C(=O)CCCC(=O)O)[C@H](c3cccs3)C2)c1. The van der Waals surface area contributed by atoms with Crippen molar-refractivity contribution in [3.63, 3.8) is 0 Å². The molecular weight excluding hydrogens is 352 g/mol. The third-order valence-electron chi connectivity index (χ3n) is 4.22. The lowest BCUT2D eigenvalue weighted by Crippen LogP contribution is -2.26. The molecule has 1 aromatic heterocycles. The Morgan fingerprint density at radius 2 is 2.15 bits per heavy atom. The molecule has 0 unspecified atom stereocenters. The first-order chi connectivity index (χ1) is 12.6. The van der Waals surface area contributed by atoms with Gasteiger partial charge in [0.15, 0.2) is 0 Å². The van der Waals surface area contributed by atoms with Crippen molar-refractivity contribution >= 4 is 28.9 Å². The van der Waals surface area contributed by atoms with Gasteiger partial charge < -0.3 is 9.84 Å². The summed E-state index contributed by atoms with van der Waals surface area (Å²) in [6, 6.07) is 11.4. The van der Waals surface area contributed by atoms with E-state index in [2.05, 4.69) is 5.10 Å². The second-order valence-electron chi connectivity index (χ2n) is 6.00. The maximum absolute atomic E-state index is 12.6. The average Bonchev–Trinajstić information content (AvgIpc) is 3.30. The maximum atomic E-state index is 12.6. The number of ether oxygens (including phenoxy) is 1. The first-order valence-electron chi connectivity index (χ1n) is 8.37. The predicted molar refractivity (Wildman–Crippen MR) is 99.5 cm³/mol. The number of carboxylic acids is 1. The number of thiophene rings is 1. The molecule has 1 N–H and O–H groups in total. The summed E-state index contributed by atoms with van der Waals surface area (Å²) in [5, 5.41) is 16.8. The summed E-state index contributed by atoms with van der Waals surface area (Å²) < 4.78 is 5.27. The van der Waals surface area contributed by atoms with E-state index in [1.807, 2.05) is 41.8 Å². The molecule has 3 rings (SSSR count). The summed E-state index contributed by atoms with van der Waals surface area (Å²) in [7, 11) is 1.61. The Hall–Kier alpha value is -2.67. The minimum atomic E-state index is -0.894. The van der Waals surface area contributed by atoms with Crippen LogP contribution in [0.1, 0.15) is 42.2 Å². The number of hydrogen-bond donors (Lipinski definition) is 1. The molecule has 2 aromatic rings. The lowest BCUT2D eigenvalue weighted by molar-refractivity contribution is -0.137. The first kappa shape index (κ1) is 18.1. The molecule has 6 nitrogen and oxygen atoms in total. The third-order valence-corrected chi connectivity index (χ3v) is 5.20. The second kappa shape index (κ2) is 8.14. The molecule has 0 spiro atoms. The van der Waals surface area contributed by atoms with E-state index in [0.717, 1.165) is 21.9 Å². The number of nitrogens with zero attached hydrogens (tertiary/aromatic N) is 2. The van der Waals surface area contributed by atoms with E-state index >= 15 is 0 Å². The number of carbonyl (C=O) groups excluding carboxylic acids is 1. The lowest BCUT2D eigenvalue weighted by atomic mass is 10.0. The molecule has 1 amide bonds. The fourth-order valence-electron chi connectivity index (χ4n) is 2.93. The van der Waals surface area contributed by atoms with Gasteiger partial charge in [-0.05, 0) is 30.0 Å². The van der Waals surface area contributed by atoms with Crippen molar-refractivity contribution in [1.82, 2.24) is 5.01 Å². The van der Waals surface area contributed by atoms with Crippen LogP contribution in [0.2, 0.25) is 0 Å². The van der Waals surface area contributed by atoms with Crippen LogP contribution < -0.4 is 4.74 Å². The van der Waals surface area contributed by atoms with Crippen LogP contribution >= 0.6 is 11.3 Å². The predicted octanol–water partition coefficient (Wildman–Crippen LogP) is 3.69. The van der Waals surface area contributed by atoms with E-state index in [0.29, 0.717) is 12.8 Å². The fourth-order valence-corrected chi connectivity index (χ4v) is 3.74. The van der Waals surface area contributed by atoms with Crippen molar-refractivity contribution in [2.75, 3.05) is 7.11 Å². The molecule has 0 radical (unpaired) electrons. The van der Waals surface area contributed by atoms with Crippen LogP contribution in [0.15, 0.2) is 46.9 Å². The summed E-state index contributed by atoms with van der Waals surface area (Å²) in [5.74, 6) is -0.304. The zero-order chi connectivity index (χ0) is 18.5. The van der Waals surface area contributed by atoms with Crippen molar-refractivity contribution in [3.8, 4) is 5.75 Å². The van der Waals surface area contributed by atoms with Gasteiger partial charge in [0.1, 0.15) is 5.75 Å². The molecular formula is C19H20N2O4S. The van der Waals surface area contributed by atoms with E-state index in [9.17, 15) is 9.59 Å². The van der Waals surface area contributed by atoms with Gasteiger partial charge in [-0.25, -0.2) is 5.01 Å². The number of hydrogen-bond acceptors (Lipinski definition) is 5. The molecule has 2 heterocycles. The van der Waals surface area contributed by atoms with Gasteiger partial charge in [-0.15, -0.1) is 11.3 Å². The highest BCUT2D eigenvalue weighted by Gasteiger charge is 2.33. The molecule has 0 aliphatic carbocycles. The highest BCUT2D eigenvalue weighted by atomic mass is 32.1. The van der Waals surface area contributed by atoms with E-state index < -0.39 is 5.97 Å². The largest absolute Gasteiger partial charge is 0.497 e. The summed E-state index contributed by atoms with van der Waals surface area (Å²) in [4.78, 5) is 24.4. The Morgan fingerprint density at radius 1 is 1.31 bits per heavy atom. The number of carboxylic acid groups (broad SMARTS) is 1. The van der Waals surface area contributed by atoms with Gasteiger partial charge >= 0.3 is 5.97 Å². The van der Waals surface area contributed by atoms with Crippen molar-refractivity contribution < 1.29 is 19.4 Å². The molecule has 0 fully saturated rings. The second-order valence-corrected chi connectivity index (χ2v) is 6.98. The first-order valence-corrected chi connectivity index (χ1v) is 9.25. The number of rotatable bonds is 7. The molecule has 1 atom stereocenters. The number of methoxy groups -OCH3 is 1. The van der Waals surface area contributed by atoms with Crippen LogP contribution in [0.25, 0.3) is 0 Å². The summed E-state index contributed by atoms with van der Waals surface area (Å²) in [6.45, 7) is 0. The Labute approximate surface area is 155 Å². The summed E-state index contributed by atoms with van der Waals surface area (Å²) in [6.07, 6.45) is 1.09. The minimum absolute atomic E-state index is 0.0182. The number of benzene rings is 1. The molecule has 0 saturated heterocycles. The molecule has 1 aliphatic heterocycles. The summed E-state index contributed by atoms with van der Waals surface area (Å²) >= 11 is 1.59. The number of amides is 1. The van der Waals surface area contributed by atoms with Crippen LogP contribution in [-0.2, 0) is 9.59 Å². The highest BCUT2D eigenvalue weighted by Crippen LogP contribution is 2.36. The highest BCUT2D eigenvalue weighted by molar-refractivity contribution is 7.10. The Kier molecular flexibility index (Phi) is 5.68. The molecule has 1 aliphatic rings. The van der Waals surface area contributed by atoms with Gasteiger partial charge in [0.05, 0.1) is 18.9 Å². The lowest BCUT2D eigenvalue weighted by Gasteiger charge is -2.20. The van der Waals surface area contributed by atoms with E-state index in [-0.39, 0.29) is 24.8 Å². The smallest absolute Gasteiger partial charge is 0.303 e. The molecule has 0 saturated carbocycles. The molecule has 0 bridgehead atoms. The van der Waals surface area contributed by atoms with Gasteiger partial charge in [0.25, 0.3) is 0 Å². The third kappa shape index (κ3) is 4.11.